The topological polar surface area (TPSA) is 119 Å². The maximum Gasteiger partial charge on any atom is 0.270 e. The lowest BCUT2D eigenvalue weighted by atomic mass is 10.2. The Balaban J connectivity index is 1.84. The summed E-state index contributed by atoms with van der Waals surface area (Å²) in [6.45, 7) is 1.15. The molecule has 28 heavy (non-hydrogen) atoms. The largest absolute Gasteiger partial charge is 0.379 e. The molecule has 0 unspecified atom stereocenters. The molecule has 9 nitrogen and oxygen atoms in total. The van der Waals surface area contributed by atoms with Gasteiger partial charge in [0.2, 0.25) is 10.0 Å². The van der Waals surface area contributed by atoms with Crippen LogP contribution in [0.1, 0.15) is 10.4 Å². The number of rotatable bonds is 5. The summed E-state index contributed by atoms with van der Waals surface area (Å²) in [5.41, 5.74) is -0.141. The number of ether oxygens (including phenoxy) is 1. The molecule has 0 radical (unpaired) electrons. The lowest BCUT2D eigenvalue weighted by Gasteiger charge is -2.26. The number of amides is 1. The normalized spacial score (nSPS) is 15.2. The fraction of sp³-hybridized carbons (Fsp3) is 0.235. The highest BCUT2D eigenvalue weighted by molar-refractivity contribution is 7.89. The lowest BCUT2D eigenvalue weighted by Crippen LogP contribution is -2.40. The number of sulfonamides is 1. The fourth-order valence-electron chi connectivity index (χ4n) is 2.67. The van der Waals surface area contributed by atoms with E-state index < -0.39 is 20.9 Å². The molecule has 1 heterocycles. The van der Waals surface area contributed by atoms with Gasteiger partial charge in [0.1, 0.15) is 0 Å². The maximum absolute atomic E-state index is 12.7. The van der Waals surface area contributed by atoms with Gasteiger partial charge >= 0.3 is 0 Å². The second-order valence-corrected chi connectivity index (χ2v) is 8.26. The Kier molecular flexibility index (Phi) is 5.94. The average Bonchev–Trinajstić information content (AvgIpc) is 2.69. The Bertz CT molecular complexity index is 1020. The predicted molar refractivity (Wildman–Crippen MR) is 102 cm³/mol. The minimum absolute atomic E-state index is 0.0253. The molecule has 0 aliphatic carbocycles. The maximum atomic E-state index is 12.7. The molecule has 1 amide bonds. The highest BCUT2D eigenvalue weighted by Gasteiger charge is 2.26. The molecule has 2 aromatic rings. The molecule has 0 spiro atoms. The molecule has 1 N–H and O–H groups in total. The highest BCUT2D eigenvalue weighted by Crippen LogP contribution is 2.25. The van der Waals surface area contributed by atoms with Gasteiger partial charge in [-0.3, -0.25) is 14.9 Å². The fourth-order valence-corrected chi connectivity index (χ4v) is 4.33. The van der Waals surface area contributed by atoms with Crippen LogP contribution in [0, 0.1) is 10.1 Å². The second-order valence-electron chi connectivity index (χ2n) is 5.92. The molecule has 3 rings (SSSR count). The van der Waals surface area contributed by atoms with E-state index in [2.05, 4.69) is 5.32 Å². The van der Waals surface area contributed by atoms with Crippen molar-refractivity contribution in [3.63, 3.8) is 0 Å². The number of hydrogen-bond acceptors (Lipinski definition) is 6. The highest BCUT2D eigenvalue weighted by atomic mass is 35.5. The van der Waals surface area contributed by atoms with Gasteiger partial charge in [-0.1, -0.05) is 17.7 Å². The van der Waals surface area contributed by atoms with Crippen LogP contribution >= 0.6 is 11.6 Å². The molecule has 0 aromatic heterocycles. The molecular formula is C17H16ClN3O6S. The number of carbonyl (C=O) groups excluding carboxylic acids is 1. The summed E-state index contributed by atoms with van der Waals surface area (Å²) >= 11 is 5.97. The summed E-state index contributed by atoms with van der Waals surface area (Å²) in [6, 6.07) is 9.28. The van der Waals surface area contributed by atoms with Gasteiger partial charge in [-0.15, -0.1) is 0 Å². The minimum Gasteiger partial charge on any atom is -0.379 e. The number of nitro groups is 1. The first-order valence-electron chi connectivity index (χ1n) is 8.22. The Morgan fingerprint density at radius 2 is 1.89 bits per heavy atom. The van der Waals surface area contributed by atoms with Gasteiger partial charge in [-0.25, -0.2) is 8.42 Å². The molecule has 0 bridgehead atoms. The number of anilines is 1. The number of carbonyl (C=O) groups is 1. The van der Waals surface area contributed by atoms with Crippen molar-refractivity contribution in [1.82, 2.24) is 4.31 Å². The third kappa shape index (κ3) is 4.30. The van der Waals surface area contributed by atoms with Crippen molar-refractivity contribution in [3.8, 4) is 0 Å². The zero-order valence-electron chi connectivity index (χ0n) is 14.5. The number of non-ortho nitro benzene ring substituents is 1. The first-order valence-corrected chi connectivity index (χ1v) is 10.0. The second kappa shape index (κ2) is 8.23. The van der Waals surface area contributed by atoms with Crippen LogP contribution in [-0.2, 0) is 14.8 Å². The molecule has 11 heteroatoms. The van der Waals surface area contributed by atoms with E-state index in [9.17, 15) is 23.3 Å². The molecule has 0 saturated carbocycles. The van der Waals surface area contributed by atoms with Crippen LogP contribution in [0.3, 0.4) is 0 Å². The van der Waals surface area contributed by atoms with E-state index in [0.29, 0.717) is 13.2 Å². The van der Waals surface area contributed by atoms with Crippen molar-refractivity contribution in [3.05, 3.63) is 63.2 Å². The van der Waals surface area contributed by atoms with Crippen LogP contribution in [0.15, 0.2) is 47.4 Å². The van der Waals surface area contributed by atoms with E-state index in [4.69, 9.17) is 16.3 Å². The van der Waals surface area contributed by atoms with Gasteiger partial charge in [0.25, 0.3) is 11.6 Å². The number of nitrogens with one attached hydrogen (secondary N) is 1. The van der Waals surface area contributed by atoms with Crippen molar-refractivity contribution in [2.24, 2.45) is 0 Å². The van der Waals surface area contributed by atoms with Gasteiger partial charge in [0.15, 0.2) is 0 Å². The Morgan fingerprint density at radius 1 is 1.18 bits per heavy atom. The predicted octanol–water partition coefficient (Wildman–Crippen LogP) is 2.52. The summed E-state index contributed by atoms with van der Waals surface area (Å²) in [6.07, 6.45) is 0. The minimum atomic E-state index is -3.72. The number of halogens is 1. The zero-order valence-corrected chi connectivity index (χ0v) is 16.1. The number of nitro benzene ring substituents is 1. The third-order valence-corrected chi connectivity index (χ3v) is 6.33. The number of benzene rings is 2. The van der Waals surface area contributed by atoms with Gasteiger partial charge in [-0.05, 0) is 24.3 Å². The number of nitrogens with zero attached hydrogens (tertiary/aromatic N) is 2. The molecular weight excluding hydrogens is 410 g/mol. The van der Waals surface area contributed by atoms with Crippen LogP contribution in [0.5, 0.6) is 0 Å². The Morgan fingerprint density at radius 3 is 2.57 bits per heavy atom. The smallest absolute Gasteiger partial charge is 0.270 e. The van der Waals surface area contributed by atoms with Crippen LogP contribution in [-0.4, -0.2) is 49.9 Å². The number of morpholine rings is 1. The van der Waals surface area contributed by atoms with Crippen molar-refractivity contribution < 1.29 is 22.9 Å². The first kappa shape index (κ1) is 20.2. The molecule has 2 aromatic carbocycles. The quantitative estimate of drug-likeness (QED) is 0.580. The SMILES string of the molecule is O=C(Nc1cccc(S(=O)(=O)N2CCOCC2)c1)c1cc([N+](=O)[O-])ccc1Cl. The first-order chi connectivity index (χ1) is 13.3. The molecule has 1 aliphatic rings. The van der Waals surface area contributed by atoms with Gasteiger partial charge in [0.05, 0.1) is 33.6 Å². The standard InChI is InChI=1S/C17H16ClN3O6S/c18-16-5-4-13(21(23)24)11-15(16)17(22)19-12-2-1-3-14(10-12)28(25,26)20-6-8-27-9-7-20/h1-5,10-11H,6-9H2,(H,19,22). The lowest BCUT2D eigenvalue weighted by molar-refractivity contribution is -0.384. The van der Waals surface area contributed by atoms with E-state index in [0.717, 1.165) is 6.07 Å². The zero-order chi connectivity index (χ0) is 20.3. The monoisotopic (exact) mass is 425 g/mol. The molecule has 1 saturated heterocycles. The van der Waals surface area contributed by atoms with E-state index >= 15 is 0 Å². The van der Waals surface area contributed by atoms with Crippen molar-refractivity contribution in [2.45, 2.75) is 4.90 Å². The Labute approximate surface area is 166 Å². The Hall–Kier alpha value is -2.53. The summed E-state index contributed by atoms with van der Waals surface area (Å²) in [4.78, 5) is 22.8. The van der Waals surface area contributed by atoms with Crippen LogP contribution in [0.4, 0.5) is 11.4 Å². The summed E-state index contributed by atoms with van der Waals surface area (Å²) in [5, 5.41) is 13.5. The van der Waals surface area contributed by atoms with E-state index in [-0.39, 0.29) is 39.9 Å². The number of hydrogen-bond donors (Lipinski definition) is 1. The third-order valence-electron chi connectivity index (χ3n) is 4.11. The van der Waals surface area contributed by atoms with Gasteiger partial charge in [0, 0.05) is 30.9 Å². The summed E-state index contributed by atoms with van der Waals surface area (Å²) < 4.78 is 31.9. The van der Waals surface area contributed by atoms with Crippen LogP contribution < -0.4 is 5.32 Å². The van der Waals surface area contributed by atoms with Crippen LogP contribution in [0.2, 0.25) is 5.02 Å². The van der Waals surface area contributed by atoms with Crippen molar-refractivity contribution in [1.29, 1.82) is 0 Å². The van der Waals surface area contributed by atoms with E-state index in [1.54, 1.807) is 0 Å². The van der Waals surface area contributed by atoms with E-state index in [1.807, 2.05) is 0 Å². The van der Waals surface area contributed by atoms with E-state index in [1.165, 1.54) is 40.7 Å². The summed E-state index contributed by atoms with van der Waals surface area (Å²) in [7, 11) is -3.72. The molecule has 148 valence electrons. The van der Waals surface area contributed by atoms with Crippen molar-refractivity contribution in [2.75, 3.05) is 31.6 Å². The van der Waals surface area contributed by atoms with Crippen molar-refractivity contribution >= 4 is 38.9 Å². The van der Waals surface area contributed by atoms with Gasteiger partial charge < -0.3 is 10.1 Å². The molecule has 1 aliphatic heterocycles. The van der Waals surface area contributed by atoms with Gasteiger partial charge in [-0.2, -0.15) is 4.31 Å². The molecule has 1 fully saturated rings. The summed E-state index contributed by atoms with van der Waals surface area (Å²) in [5.74, 6) is -0.686. The molecule has 0 atom stereocenters. The average molecular weight is 426 g/mol. The van der Waals surface area contributed by atoms with Crippen LogP contribution in [0.25, 0.3) is 0 Å².